The number of nitrogens with one attached hydrogen (secondary N) is 1. The largest absolute Gasteiger partial charge is 0.514 e. The van der Waals surface area contributed by atoms with E-state index in [2.05, 4.69) is 10.2 Å². The molecule has 0 bridgehead atoms. The lowest BCUT2D eigenvalue weighted by Crippen LogP contribution is -2.69. The Morgan fingerprint density at radius 2 is 1.74 bits per heavy atom. The summed E-state index contributed by atoms with van der Waals surface area (Å²) >= 11 is 0. The lowest BCUT2D eigenvalue weighted by Gasteiger charge is -2.62. The standard InChI is InChI=1S/C37H45FN2O14/c1-21(41)39-28(32(46)51-14-4-5-15-53-40(49)50)16-22-6-9-25(10-7-22)54-33(47)52-20-31(45)37(48)29(43)18-27-26-11-8-23-17-24(42)12-13-34(23,2)36(26,38)30(44)19-35(27,37)3/h6-7,9-10,12-13,17,26-30,43-44,48H,4-5,8,11,14-16,18-20H2,1-3H3,(H,39,41)/t26-,27-,28-,29+,30-,34-,35-,36-,37-/m0/s1. The van der Waals surface area contributed by atoms with Gasteiger partial charge >= 0.3 is 12.1 Å². The zero-order valence-corrected chi connectivity index (χ0v) is 30.2. The molecule has 1 amide bonds. The molecule has 0 saturated heterocycles. The summed E-state index contributed by atoms with van der Waals surface area (Å²) in [4.78, 5) is 77.0. The van der Waals surface area contributed by atoms with Crippen molar-refractivity contribution in [3.63, 3.8) is 0 Å². The van der Waals surface area contributed by atoms with Crippen molar-refractivity contribution in [2.45, 2.75) is 95.2 Å². The van der Waals surface area contributed by atoms with Crippen LogP contribution in [0.5, 0.6) is 5.75 Å². The number of hydrogen-bond acceptors (Lipinski definition) is 14. The maximum Gasteiger partial charge on any atom is 0.514 e. The van der Waals surface area contributed by atoms with Gasteiger partial charge in [0.1, 0.15) is 11.8 Å². The highest BCUT2D eigenvalue weighted by molar-refractivity contribution is 6.01. The first kappa shape index (κ1) is 40.4. The number of aliphatic hydroxyl groups excluding tert-OH is 2. The maximum absolute atomic E-state index is 17.3. The second-order valence-electron chi connectivity index (χ2n) is 14.9. The van der Waals surface area contributed by atoms with Crippen molar-refractivity contribution in [2.24, 2.45) is 22.7 Å². The van der Waals surface area contributed by atoms with Crippen LogP contribution in [0.15, 0.2) is 48.1 Å². The van der Waals surface area contributed by atoms with Gasteiger partial charge in [-0.05, 0) is 81.2 Å². The second-order valence-corrected chi connectivity index (χ2v) is 14.9. The van der Waals surface area contributed by atoms with Crippen molar-refractivity contribution in [2.75, 3.05) is 19.8 Å². The topological polar surface area (TPSA) is 238 Å². The van der Waals surface area contributed by atoms with Gasteiger partial charge in [0.15, 0.2) is 23.7 Å². The van der Waals surface area contributed by atoms with Gasteiger partial charge in [0.25, 0.3) is 5.09 Å². The van der Waals surface area contributed by atoms with Gasteiger partial charge in [-0.2, -0.15) is 0 Å². The normalized spacial score (nSPS) is 32.9. The summed E-state index contributed by atoms with van der Waals surface area (Å²) in [7, 11) is 0. The molecule has 0 aromatic heterocycles. The van der Waals surface area contributed by atoms with E-state index >= 15 is 4.39 Å². The Morgan fingerprint density at radius 1 is 1.06 bits per heavy atom. The van der Waals surface area contributed by atoms with Crippen LogP contribution in [0.25, 0.3) is 0 Å². The molecule has 54 heavy (non-hydrogen) atoms. The van der Waals surface area contributed by atoms with E-state index in [1.807, 2.05) is 0 Å². The summed E-state index contributed by atoms with van der Waals surface area (Å²) in [5.74, 6) is -4.14. The highest BCUT2D eigenvalue weighted by Crippen LogP contribution is 2.69. The molecule has 4 N–H and O–H groups in total. The summed E-state index contributed by atoms with van der Waals surface area (Å²) in [6.07, 6.45) is 0.162. The molecule has 0 aliphatic heterocycles. The summed E-state index contributed by atoms with van der Waals surface area (Å²) < 4.78 is 32.7. The molecular weight excluding hydrogens is 715 g/mol. The number of unbranched alkanes of at least 4 members (excludes halogenated alkanes) is 1. The molecule has 0 heterocycles. The van der Waals surface area contributed by atoms with Gasteiger partial charge in [-0.15, -0.1) is 10.1 Å². The number of alkyl halides is 1. The number of nitrogens with zero attached hydrogens (tertiary/aromatic N) is 1. The monoisotopic (exact) mass is 760 g/mol. The minimum Gasteiger partial charge on any atom is -0.464 e. The third kappa shape index (κ3) is 7.36. The Morgan fingerprint density at radius 3 is 2.41 bits per heavy atom. The van der Waals surface area contributed by atoms with Crippen LogP contribution in [0.2, 0.25) is 0 Å². The molecule has 0 radical (unpaired) electrons. The van der Waals surface area contributed by atoms with Crippen molar-refractivity contribution in [3.8, 4) is 5.75 Å². The summed E-state index contributed by atoms with van der Waals surface area (Å²) in [5.41, 5.74) is -6.42. The fourth-order valence-corrected chi connectivity index (χ4v) is 9.07. The molecule has 9 atom stereocenters. The number of ketones is 2. The van der Waals surface area contributed by atoms with Crippen molar-refractivity contribution >= 4 is 29.6 Å². The fourth-order valence-electron chi connectivity index (χ4n) is 9.07. The van der Waals surface area contributed by atoms with Gasteiger partial charge in [-0.3, -0.25) is 14.4 Å². The number of esters is 1. The molecule has 16 nitrogen and oxygen atoms in total. The van der Waals surface area contributed by atoms with Gasteiger partial charge in [0, 0.05) is 30.1 Å². The van der Waals surface area contributed by atoms with Crippen LogP contribution < -0.4 is 10.1 Å². The smallest absolute Gasteiger partial charge is 0.464 e. The molecule has 3 fully saturated rings. The van der Waals surface area contributed by atoms with Gasteiger partial charge in [0.05, 0.1) is 25.4 Å². The molecule has 4 aliphatic rings. The molecule has 0 unspecified atom stereocenters. The summed E-state index contributed by atoms with van der Waals surface area (Å²) in [6, 6.07) is 4.70. The van der Waals surface area contributed by atoms with Gasteiger partial charge in [0.2, 0.25) is 11.7 Å². The fraction of sp³-hybridized carbons (Fsp3) is 0.595. The minimum absolute atomic E-state index is 0.00852. The Hall–Kier alpha value is -4.74. The number of carbonyl (C=O) groups is 5. The Balaban J connectivity index is 1.17. The van der Waals surface area contributed by atoms with Crippen LogP contribution in [-0.4, -0.2) is 99.3 Å². The van der Waals surface area contributed by atoms with Crippen LogP contribution >= 0.6 is 0 Å². The number of rotatable bonds is 14. The first-order valence-corrected chi connectivity index (χ1v) is 17.8. The zero-order valence-electron chi connectivity index (χ0n) is 30.2. The van der Waals surface area contributed by atoms with Crippen molar-refractivity contribution in [1.82, 2.24) is 5.32 Å². The number of allylic oxidation sites excluding steroid dienone is 4. The Bertz CT molecular complexity index is 1730. The van der Waals surface area contributed by atoms with Crippen molar-refractivity contribution in [3.05, 3.63) is 63.7 Å². The van der Waals surface area contributed by atoms with Gasteiger partial charge in [-0.25, -0.2) is 14.0 Å². The van der Waals surface area contributed by atoms with E-state index in [4.69, 9.17) is 14.2 Å². The molecule has 294 valence electrons. The highest BCUT2D eigenvalue weighted by atomic mass is 19.1. The third-order valence-corrected chi connectivity index (χ3v) is 11.8. The van der Waals surface area contributed by atoms with Crippen LogP contribution in [0.3, 0.4) is 0 Å². The molecule has 1 aromatic carbocycles. The number of benzene rings is 1. The van der Waals surface area contributed by atoms with E-state index in [9.17, 15) is 49.4 Å². The average Bonchev–Trinajstić information content (AvgIpc) is 3.31. The van der Waals surface area contributed by atoms with Crippen molar-refractivity contribution < 1.29 is 67.8 Å². The zero-order chi connectivity index (χ0) is 39.6. The number of ether oxygens (including phenoxy) is 3. The quantitative estimate of drug-likeness (QED) is 0.0701. The van der Waals surface area contributed by atoms with Crippen LogP contribution in [0.1, 0.15) is 64.9 Å². The van der Waals surface area contributed by atoms with E-state index in [1.54, 1.807) is 6.92 Å². The molecule has 0 spiro atoms. The lowest BCUT2D eigenvalue weighted by atomic mass is 9.44. The SMILES string of the molecule is CC(=O)N[C@@H](Cc1ccc(OC(=O)OCC(=O)[C@@]2(O)[C@H](O)C[C@H]3[C@@H]4CCC5=CC(=O)C=C[C@]5(C)[C@@]4(F)[C@@H](O)C[C@@]32C)cc1)C(=O)OCCCCO[N+](=O)[O-]. The Kier molecular flexibility index (Phi) is 11.6. The second kappa shape index (κ2) is 15.5. The highest BCUT2D eigenvalue weighted by Gasteiger charge is 2.76. The number of Topliss-reactive ketones (excluding diaryl/α,β-unsaturated/α-hetero) is 1. The minimum atomic E-state index is -2.49. The number of halogens is 1. The van der Waals surface area contributed by atoms with Crippen LogP contribution in [-0.2, 0) is 39.9 Å². The lowest BCUT2D eigenvalue weighted by molar-refractivity contribution is -0.757. The van der Waals surface area contributed by atoms with Crippen molar-refractivity contribution in [1.29, 1.82) is 0 Å². The van der Waals surface area contributed by atoms with Crippen LogP contribution in [0.4, 0.5) is 9.18 Å². The first-order valence-electron chi connectivity index (χ1n) is 17.8. The Labute approximate surface area is 309 Å². The molecule has 3 saturated carbocycles. The molecule has 17 heteroatoms. The average molecular weight is 761 g/mol. The van der Waals surface area contributed by atoms with E-state index in [0.29, 0.717) is 24.0 Å². The van der Waals surface area contributed by atoms with E-state index in [0.717, 1.165) is 0 Å². The number of aliphatic hydroxyl groups is 3. The predicted molar refractivity (Wildman–Crippen MR) is 183 cm³/mol. The molecule has 1 aromatic rings. The van der Waals surface area contributed by atoms with Crippen LogP contribution in [0, 0.1) is 32.8 Å². The van der Waals surface area contributed by atoms with Gasteiger partial charge < -0.3 is 39.7 Å². The summed E-state index contributed by atoms with van der Waals surface area (Å²) in [5, 5.41) is 46.3. The van der Waals surface area contributed by atoms with E-state index in [-0.39, 0.29) is 56.9 Å². The maximum atomic E-state index is 17.3. The number of hydrogen-bond donors (Lipinski definition) is 4. The summed E-state index contributed by atoms with van der Waals surface area (Å²) in [6.45, 7) is 3.18. The molecule has 5 rings (SSSR count). The van der Waals surface area contributed by atoms with E-state index < -0.39 is 87.7 Å². The number of fused-ring (bicyclic) bond motifs is 5. The first-order chi connectivity index (χ1) is 25.4. The third-order valence-electron chi connectivity index (χ3n) is 11.8. The predicted octanol–water partition coefficient (Wildman–Crippen LogP) is 2.42. The van der Waals surface area contributed by atoms with Gasteiger partial charge in [-0.1, -0.05) is 30.7 Å². The molecular formula is C37H45FN2O14. The van der Waals surface area contributed by atoms with E-state index in [1.165, 1.54) is 56.3 Å². The molecule has 4 aliphatic carbocycles. The number of amides is 1. The number of carbonyl (C=O) groups excluding carboxylic acids is 5.